The highest BCUT2D eigenvalue weighted by molar-refractivity contribution is 5.97. The van der Waals surface area contributed by atoms with E-state index in [2.05, 4.69) is 53.5 Å². The molecule has 0 aromatic heterocycles. The lowest BCUT2D eigenvalue weighted by Gasteiger charge is -2.33. The van der Waals surface area contributed by atoms with Crippen molar-refractivity contribution in [3.8, 4) is 0 Å². The predicted octanol–water partition coefficient (Wildman–Crippen LogP) is 4.20. The molecule has 0 unspecified atom stereocenters. The van der Waals surface area contributed by atoms with E-state index in [1.807, 2.05) is 19.9 Å². The van der Waals surface area contributed by atoms with Crippen molar-refractivity contribution >= 4 is 5.91 Å². The molecule has 1 amide bonds. The van der Waals surface area contributed by atoms with Crippen LogP contribution >= 0.6 is 0 Å². The molecule has 0 saturated carbocycles. The number of ether oxygens (including phenoxy) is 1. The number of morpholine rings is 1. The third-order valence-corrected chi connectivity index (χ3v) is 5.41. The molecular formula is C24H32N2O2. The maximum atomic E-state index is 12.5. The fourth-order valence-corrected chi connectivity index (χ4v) is 4.06. The van der Waals surface area contributed by atoms with Crippen LogP contribution in [0.5, 0.6) is 0 Å². The maximum Gasteiger partial charge on any atom is 0.251 e. The summed E-state index contributed by atoms with van der Waals surface area (Å²) in [4.78, 5) is 15.0. The molecule has 3 rings (SSSR count). The molecular weight excluding hydrogens is 348 g/mol. The highest BCUT2D eigenvalue weighted by Gasteiger charge is 2.21. The van der Waals surface area contributed by atoms with Crippen LogP contribution in [-0.4, -0.2) is 43.6 Å². The van der Waals surface area contributed by atoms with Crippen LogP contribution in [0, 0.1) is 20.8 Å². The molecule has 1 N–H and O–H groups in total. The summed E-state index contributed by atoms with van der Waals surface area (Å²) in [5.41, 5.74) is 5.38. The van der Waals surface area contributed by atoms with Crippen LogP contribution in [0.25, 0.3) is 0 Å². The minimum absolute atomic E-state index is 0.0468. The van der Waals surface area contributed by atoms with Crippen molar-refractivity contribution in [3.05, 3.63) is 70.3 Å². The zero-order valence-electron chi connectivity index (χ0n) is 17.3. The van der Waals surface area contributed by atoms with E-state index in [9.17, 15) is 4.79 Å². The molecule has 2 aromatic carbocycles. The van der Waals surface area contributed by atoms with E-state index >= 15 is 0 Å². The standard InChI is InChI=1S/C24H32N2O2/c1-18-15-19(2)23(20(3)16-18)24(27)25-11-7-8-12-26-13-14-28-22(17-26)21-9-5-4-6-10-21/h4-6,9-10,15-16,22H,7-8,11-14,17H2,1-3H3,(H,25,27)/t22-/m1/s1. The van der Waals surface area contributed by atoms with Crippen LogP contribution < -0.4 is 5.32 Å². The van der Waals surface area contributed by atoms with E-state index in [0.29, 0.717) is 0 Å². The summed E-state index contributed by atoms with van der Waals surface area (Å²) < 4.78 is 5.93. The second-order valence-corrected chi connectivity index (χ2v) is 7.81. The van der Waals surface area contributed by atoms with Gasteiger partial charge >= 0.3 is 0 Å². The first-order valence-corrected chi connectivity index (χ1v) is 10.3. The van der Waals surface area contributed by atoms with Gasteiger partial charge in [-0.15, -0.1) is 0 Å². The molecule has 150 valence electrons. The Kier molecular flexibility index (Phi) is 7.24. The van der Waals surface area contributed by atoms with E-state index in [1.54, 1.807) is 0 Å². The fraction of sp³-hybridized carbons (Fsp3) is 0.458. The Bertz CT molecular complexity index is 765. The van der Waals surface area contributed by atoms with Gasteiger partial charge in [-0.1, -0.05) is 48.0 Å². The first-order chi connectivity index (χ1) is 13.5. The molecule has 1 heterocycles. The molecule has 4 nitrogen and oxygen atoms in total. The summed E-state index contributed by atoms with van der Waals surface area (Å²) >= 11 is 0. The lowest BCUT2D eigenvalue weighted by molar-refractivity contribution is -0.0303. The molecule has 1 atom stereocenters. The number of rotatable bonds is 7. The number of benzene rings is 2. The molecule has 0 bridgehead atoms. The number of carbonyl (C=O) groups excluding carboxylic acids is 1. The van der Waals surface area contributed by atoms with Crippen LogP contribution in [0.4, 0.5) is 0 Å². The van der Waals surface area contributed by atoms with Crippen LogP contribution in [0.15, 0.2) is 42.5 Å². The molecule has 0 radical (unpaired) electrons. The zero-order valence-corrected chi connectivity index (χ0v) is 17.3. The van der Waals surface area contributed by atoms with E-state index in [1.165, 1.54) is 11.1 Å². The molecule has 1 aliphatic rings. The average Bonchev–Trinajstić information content (AvgIpc) is 2.68. The van der Waals surface area contributed by atoms with Gasteiger partial charge in [-0.05, 0) is 56.8 Å². The number of carbonyl (C=O) groups is 1. The van der Waals surface area contributed by atoms with Crippen molar-refractivity contribution in [3.63, 3.8) is 0 Å². The van der Waals surface area contributed by atoms with Gasteiger partial charge in [-0.3, -0.25) is 9.69 Å². The molecule has 0 spiro atoms. The van der Waals surface area contributed by atoms with Crippen LogP contribution in [0.2, 0.25) is 0 Å². The highest BCUT2D eigenvalue weighted by atomic mass is 16.5. The number of aryl methyl sites for hydroxylation is 3. The quantitative estimate of drug-likeness (QED) is 0.732. The average molecular weight is 381 g/mol. The summed E-state index contributed by atoms with van der Waals surface area (Å²) in [6, 6.07) is 14.6. The number of nitrogens with one attached hydrogen (secondary N) is 1. The Morgan fingerprint density at radius 1 is 1.11 bits per heavy atom. The Morgan fingerprint density at radius 3 is 2.54 bits per heavy atom. The van der Waals surface area contributed by atoms with Crippen LogP contribution in [0.3, 0.4) is 0 Å². The number of hydrogen-bond donors (Lipinski definition) is 1. The molecule has 2 aromatic rings. The third-order valence-electron chi connectivity index (χ3n) is 5.41. The van der Waals surface area contributed by atoms with Crippen molar-refractivity contribution in [2.75, 3.05) is 32.8 Å². The van der Waals surface area contributed by atoms with Gasteiger partial charge in [0.25, 0.3) is 5.91 Å². The topological polar surface area (TPSA) is 41.6 Å². The zero-order chi connectivity index (χ0) is 19.9. The lowest BCUT2D eigenvalue weighted by Crippen LogP contribution is -2.39. The van der Waals surface area contributed by atoms with E-state index in [-0.39, 0.29) is 12.0 Å². The SMILES string of the molecule is Cc1cc(C)c(C(=O)NCCCCN2CCO[C@@H](c3ccccc3)C2)c(C)c1. The summed E-state index contributed by atoms with van der Waals surface area (Å²) in [6.45, 7) is 10.6. The third kappa shape index (κ3) is 5.43. The smallest absolute Gasteiger partial charge is 0.251 e. The lowest BCUT2D eigenvalue weighted by atomic mass is 9.99. The number of amides is 1. The van der Waals surface area contributed by atoms with Gasteiger partial charge in [-0.25, -0.2) is 0 Å². The molecule has 28 heavy (non-hydrogen) atoms. The van der Waals surface area contributed by atoms with Crippen molar-refractivity contribution in [2.45, 2.75) is 39.7 Å². The molecule has 4 heteroatoms. The second-order valence-electron chi connectivity index (χ2n) is 7.81. The largest absolute Gasteiger partial charge is 0.371 e. The summed E-state index contributed by atoms with van der Waals surface area (Å²) in [7, 11) is 0. The molecule has 1 fully saturated rings. The minimum Gasteiger partial charge on any atom is -0.371 e. The van der Waals surface area contributed by atoms with Crippen LogP contribution in [-0.2, 0) is 4.74 Å². The van der Waals surface area contributed by atoms with Crippen molar-refractivity contribution in [1.82, 2.24) is 10.2 Å². The molecule has 0 aliphatic carbocycles. The number of unbranched alkanes of at least 4 members (excludes halogenated alkanes) is 1. The second kappa shape index (κ2) is 9.85. The maximum absolute atomic E-state index is 12.5. The monoisotopic (exact) mass is 380 g/mol. The van der Waals surface area contributed by atoms with Crippen molar-refractivity contribution < 1.29 is 9.53 Å². The van der Waals surface area contributed by atoms with Crippen LogP contribution in [0.1, 0.15) is 51.6 Å². The first-order valence-electron chi connectivity index (χ1n) is 10.3. The normalized spacial score (nSPS) is 17.5. The van der Waals surface area contributed by atoms with Gasteiger partial charge in [0, 0.05) is 25.2 Å². The number of nitrogens with zero attached hydrogens (tertiary/aromatic N) is 1. The minimum atomic E-state index is 0.0468. The van der Waals surface area contributed by atoms with E-state index < -0.39 is 0 Å². The van der Waals surface area contributed by atoms with Gasteiger partial charge < -0.3 is 10.1 Å². The predicted molar refractivity (Wildman–Crippen MR) is 114 cm³/mol. The first kappa shape index (κ1) is 20.6. The molecule has 1 saturated heterocycles. The molecule has 1 aliphatic heterocycles. The Labute approximate surface area is 168 Å². The summed E-state index contributed by atoms with van der Waals surface area (Å²) in [6.07, 6.45) is 2.23. The summed E-state index contributed by atoms with van der Waals surface area (Å²) in [5, 5.41) is 3.09. The number of hydrogen-bond acceptors (Lipinski definition) is 3. The van der Waals surface area contributed by atoms with Gasteiger partial charge in [0.15, 0.2) is 0 Å². The Balaban J connectivity index is 1.40. The Morgan fingerprint density at radius 2 is 1.82 bits per heavy atom. The highest BCUT2D eigenvalue weighted by Crippen LogP contribution is 2.22. The van der Waals surface area contributed by atoms with Gasteiger partial charge in [0.05, 0.1) is 12.7 Å². The van der Waals surface area contributed by atoms with Gasteiger partial charge in [0.2, 0.25) is 0 Å². The van der Waals surface area contributed by atoms with E-state index in [4.69, 9.17) is 4.74 Å². The summed E-state index contributed by atoms with van der Waals surface area (Å²) in [5.74, 6) is 0.0468. The fourth-order valence-electron chi connectivity index (χ4n) is 4.06. The van der Waals surface area contributed by atoms with Gasteiger partial charge in [-0.2, -0.15) is 0 Å². The van der Waals surface area contributed by atoms with Crippen molar-refractivity contribution in [1.29, 1.82) is 0 Å². The van der Waals surface area contributed by atoms with E-state index in [0.717, 1.165) is 62.3 Å². The van der Waals surface area contributed by atoms with Crippen molar-refractivity contribution in [2.24, 2.45) is 0 Å². The Hall–Kier alpha value is -2.17. The van der Waals surface area contributed by atoms with Gasteiger partial charge in [0.1, 0.15) is 0 Å².